The fraction of sp³-hybridized carbons (Fsp3) is 0.867. The molecule has 4 nitrogen and oxygen atoms in total. The van der Waals surface area contributed by atoms with Crippen molar-refractivity contribution >= 4 is 0 Å². The minimum absolute atomic E-state index is 0.366. The highest BCUT2D eigenvalue weighted by Crippen LogP contribution is 2.42. The Balaban J connectivity index is 2.22. The second kappa shape index (κ2) is 5.61. The molecule has 0 saturated heterocycles. The number of aliphatic hydroxyl groups is 1. The number of aromatic nitrogens is 3. The van der Waals surface area contributed by atoms with E-state index in [1.165, 1.54) is 6.42 Å². The van der Waals surface area contributed by atoms with Gasteiger partial charge in [-0.25, -0.2) is 4.98 Å². The molecule has 1 aromatic heterocycles. The van der Waals surface area contributed by atoms with Gasteiger partial charge in [0, 0.05) is 13.0 Å². The molecule has 1 aromatic rings. The maximum Gasteiger partial charge on any atom is 0.138 e. The lowest BCUT2D eigenvalue weighted by atomic mass is 9.65. The van der Waals surface area contributed by atoms with Crippen molar-refractivity contribution in [3.05, 3.63) is 12.2 Å². The van der Waals surface area contributed by atoms with Gasteiger partial charge < -0.3 is 5.11 Å². The van der Waals surface area contributed by atoms with E-state index < -0.39 is 5.60 Å². The van der Waals surface area contributed by atoms with Crippen molar-refractivity contribution in [2.24, 2.45) is 17.8 Å². The summed E-state index contributed by atoms with van der Waals surface area (Å²) in [7, 11) is 0. The first-order valence-electron chi connectivity index (χ1n) is 7.55. The third-order valence-electron chi connectivity index (χ3n) is 4.63. The first kappa shape index (κ1) is 14.5. The number of nitrogens with zero attached hydrogens (tertiary/aromatic N) is 3. The van der Waals surface area contributed by atoms with Crippen LogP contribution in [0.1, 0.15) is 52.8 Å². The van der Waals surface area contributed by atoms with E-state index in [9.17, 15) is 5.11 Å². The summed E-state index contributed by atoms with van der Waals surface area (Å²) >= 11 is 0. The van der Waals surface area contributed by atoms with Crippen molar-refractivity contribution in [1.82, 2.24) is 14.8 Å². The Morgan fingerprint density at radius 1 is 1.47 bits per heavy atom. The molecule has 3 unspecified atom stereocenters. The zero-order chi connectivity index (χ0) is 14.0. The molecule has 1 aliphatic rings. The molecule has 4 heteroatoms. The molecule has 2 rings (SSSR count). The lowest BCUT2D eigenvalue weighted by molar-refractivity contribution is -0.0812. The zero-order valence-corrected chi connectivity index (χ0v) is 12.6. The Morgan fingerprint density at radius 2 is 2.21 bits per heavy atom. The van der Waals surface area contributed by atoms with Crippen molar-refractivity contribution < 1.29 is 5.11 Å². The minimum atomic E-state index is -0.619. The topological polar surface area (TPSA) is 50.9 Å². The molecule has 1 heterocycles. The van der Waals surface area contributed by atoms with Crippen LogP contribution in [0.15, 0.2) is 6.33 Å². The maximum atomic E-state index is 11.2. The lowest BCUT2D eigenvalue weighted by Crippen LogP contribution is -2.47. The van der Waals surface area contributed by atoms with Gasteiger partial charge in [0.15, 0.2) is 0 Å². The highest BCUT2D eigenvalue weighted by molar-refractivity contribution is 5.01. The summed E-state index contributed by atoms with van der Waals surface area (Å²) < 4.78 is 1.90. The van der Waals surface area contributed by atoms with E-state index in [0.29, 0.717) is 24.2 Å². The quantitative estimate of drug-likeness (QED) is 0.910. The molecule has 0 amide bonds. The summed E-state index contributed by atoms with van der Waals surface area (Å²) in [5.41, 5.74) is -0.619. The molecule has 1 N–H and O–H groups in total. The molecule has 1 fully saturated rings. The predicted octanol–water partition coefficient (Wildman–Crippen LogP) is 2.66. The van der Waals surface area contributed by atoms with Crippen LogP contribution >= 0.6 is 0 Å². The summed E-state index contributed by atoms with van der Waals surface area (Å²) in [5, 5.41) is 15.4. The number of aryl methyl sites for hydroxylation is 1. The minimum Gasteiger partial charge on any atom is -0.389 e. The molecule has 108 valence electrons. The second-order valence-electron chi connectivity index (χ2n) is 6.51. The largest absolute Gasteiger partial charge is 0.389 e. The van der Waals surface area contributed by atoms with Crippen LogP contribution < -0.4 is 0 Å². The Bertz CT molecular complexity index is 415. The van der Waals surface area contributed by atoms with Crippen molar-refractivity contribution in [2.45, 2.75) is 65.5 Å². The lowest BCUT2D eigenvalue weighted by Gasteiger charge is -2.44. The standard InChI is InChI=1S/C15H27N3O/c1-5-18-14(16-10-17-18)9-15(19)8-12(4)6-7-13(15)11(2)3/h10-13,19H,5-9H2,1-4H3. The highest BCUT2D eigenvalue weighted by atomic mass is 16.3. The first-order chi connectivity index (χ1) is 8.96. The first-order valence-corrected chi connectivity index (χ1v) is 7.55. The molecule has 0 radical (unpaired) electrons. The average Bonchev–Trinajstić information content (AvgIpc) is 2.74. The molecule has 19 heavy (non-hydrogen) atoms. The van der Waals surface area contributed by atoms with Crippen LogP contribution in [0.2, 0.25) is 0 Å². The average molecular weight is 265 g/mol. The van der Waals surface area contributed by atoms with Crippen LogP contribution in [0.4, 0.5) is 0 Å². The number of hydrogen-bond donors (Lipinski definition) is 1. The van der Waals surface area contributed by atoms with E-state index in [-0.39, 0.29) is 0 Å². The van der Waals surface area contributed by atoms with Gasteiger partial charge in [0.2, 0.25) is 0 Å². The van der Waals surface area contributed by atoms with Crippen LogP contribution in [-0.2, 0) is 13.0 Å². The van der Waals surface area contributed by atoms with Gasteiger partial charge in [-0.2, -0.15) is 5.10 Å². The summed E-state index contributed by atoms with van der Waals surface area (Å²) in [4.78, 5) is 4.34. The van der Waals surface area contributed by atoms with E-state index in [2.05, 4.69) is 37.8 Å². The van der Waals surface area contributed by atoms with E-state index in [0.717, 1.165) is 25.2 Å². The van der Waals surface area contributed by atoms with Crippen molar-refractivity contribution in [2.75, 3.05) is 0 Å². The van der Waals surface area contributed by atoms with Gasteiger partial charge in [0.05, 0.1) is 5.60 Å². The zero-order valence-electron chi connectivity index (χ0n) is 12.6. The van der Waals surface area contributed by atoms with Crippen molar-refractivity contribution in [3.63, 3.8) is 0 Å². The maximum absolute atomic E-state index is 11.2. The summed E-state index contributed by atoms with van der Waals surface area (Å²) in [6.07, 6.45) is 5.46. The summed E-state index contributed by atoms with van der Waals surface area (Å²) in [6.45, 7) is 9.55. The van der Waals surface area contributed by atoms with Gasteiger partial charge in [-0.3, -0.25) is 4.68 Å². The third kappa shape index (κ3) is 2.99. The van der Waals surface area contributed by atoms with E-state index in [1.54, 1.807) is 6.33 Å². The van der Waals surface area contributed by atoms with Crippen molar-refractivity contribution in [3.8, 4) is 0 Å². The van der Waals surface area contributed by atoms with Gasteiger partial charge in [-0.05, 0) is 37.5 Å². The predicted molar refractivity (Wildman–Crippen MR) is 75.7 cm³/mol. The van der Waals surface area contributed by atoms with Gasteiger partial charge in [-0.15, -0.1) is 0 Å². The van der Waals surface area contributed by atoms with E-state index in [1.807, 2.05) is 4.68 Å². The highest BCUT2D eigenvalue weighted by Gasteiger charge is 2.43. The Kier molecular flexibility index (Phi) is 4.29. The van der Waals surface area contributed by atoms with Crippen molar-refractivity contribution in [1.29, 1.82) is 0 Å². The van der Waals surface area contributed by atoms with Crippen LogP contribution in [0.5, 0.6) is 0 Å². The van der Waals surface area contributed by atoms with Gasteiger partial charge in [0.25, 0.3) is 0 Å². The smallest absolute Gasteiger partial charge is 0.138 e. The fourth-order valence-electron chi connectivity index (χ4n) is 3.71. The molecule has 3 atom stereocenters. The molecule has 0 aromatic carbocycles. The van der Waals surface area contributed by atoms with Crippen LogP contribution in [0.25, 0.3) is 0 Å². The number of rotatable bonds is 4. The molecule has 0 bridgehead atoms. The molecule has 1 aliphatic carbocycles. The monoisotopic (exact) mass is 265 g/mol. The number of hydrogen-bond acceptors (Lipinski definition) is 3. The third-order valence-corrected chi connectivity index (χ3v) is 4.63. The normalized spacial score (nSPS) is 31.9. The fourth-order valence-corrected chi connectivity index (χ4v) is 3.71. The van der Waals surface area contributed by atoms with Crippen LogP contribution in [0, 0.1) is 17.8 Å². The Hall–Kier alpha value is -0.900. The Morgan fingerprint density at radius 3 is 2.84 bits per heavy atom. The molecule has 0 aliphatic heterocycles. The van der Waals surface area contributed by atoms with Gasteiger partial charge >= 0.3 is 0 Å². The van der Waals surface area contributed by atoms with Crippen LogP contribution in [0.3, 0.4) is 0 Å². The molecule has 1 saturated carbocycles. The molecular formula is C15H27N3O. The van der Waals surface area contributed by atoms with E-state index >= 15 is 0 Å². The van der Waals surface area contributed by atoms with Gasteiger partial charge in [0.1, 0.15) is 12.2 Å². The van der Waals surface area contributed by atoms with E-state index in [4.69, 9.17) is 0 Å². The summed E-state index contributed by atoms with van der Waals surface area (Å²) in [6, 6.07) is 0. The molecular weight excluding hydrogens is 238 g/mol. The Labute approximate surface area is 116 Å². The SMILES string of the molecule is CCn1ncnc1CC1(O)CC(C)CCC1C(C)C. The van der Waals surface area contributed by atoms with Gasteiger partial charge in [-0.1, -0.05) is 27.2 Å². The molecule has 0 spiro atoms. The second-order valence-corrected chi connectivity index (χ2v) is 6.51. The summed E-state index contributed by atoms with van der Waals surface area (Å²) in [5.74, 6) is 2.39. The van der Waals surface area contributed by atoms with Crippen LogP contribution in [-0.4, -0.2) is 25.5 Å².